The van der Waals surface area contributed by atoms with Gasteiger partial charge >= 0.3 is 0 Å². The van der Waals surface area contributed by atoms with Gasteiger partial charge in [-0.25, -0.2) is 4.68 Å². The summed E-state index contributed by atoms with van der Waals surface area (Å²) in [5, 5.41) is 7.79. The van der Waals surface area contributed by atoms with Gasteiger partial charge in [-0.3, -0.25) is 4.79 Å². The van der Waals surface area contributed by atoms with Crippen LogP contribution in [-0.2, 0) is 11.2 Å². The lowest BCUT2D eigenvalue weighted by Gasteiger charge is -2.38. The van der Waals surface area contributed by atoms with Gasteiger partial charge in [0.15, 0.2) is 0 Å². The van der Waals surface area contributed by atoms with Crippen LogP contribution in [0.3, 0.4) is 0 Å². The predicted molar refractivity (Wildman–Crippen MR) is 97.8 cm³/mol. The lowest BCUT2D eigenvalue weighted by Crippen LogP contribution is -2.57. The number of rotatable bonds is 4. The van der Waals surface area contributed by atoms with Crippen molar-refractivity contribution in [1.82, 2.24) is 20.0 Å². The van der Waals surface area contributed by atoms with Gasteiger partial charge < -0.3 is 10.2 Å². The number of aromatic nitrogens is 2. The topological polar surface area (TPSA) is 50.2 Å². The highest BCUT2D eigenvalue weighted by Crippen LogP contribution is 2.13. The van der Waals surface area contributed by atoms with Gasteiger partial charge in [-0.15, -0.1) is 12.4 Å². The number of piperazine rings is 1. The maximum Gasteiger partial charge on any atom is 0.223 e. The monoisotopic (exact) mass is 348 g/mol. The van der Waals surface area contributed by atoms with Gasteiger partial charge in [0.05, 0.1) is 11.9 Å². The number of carbonyl (C=O) groups excluding carboxylic acids is 1. The lowest BCUT2D eigenvalue weighted by molar-refractivity contribution is -0.134. The highest BCUT2D eigenvalue weighted by Gasteiger charge is 2.27. The number of amides is 1. The quantitative estimate of drug-likeness (QED) is 0.923. The lowest BCUT2D eigenvalue weighted by atomic mass is 10.1. The van der Waals surface area contributed by atoms with Gasteiger partial charge in [0.2, 0.25) is 5.91 Å². The molecule has 1 aromatic carbocycles. The Morgan fingerprint density at radius 1 is 1.29 bits per heavy atom. The maximum atomic E-state index is 12.5. The van der Waals surface area contributed by atoms with E-state index in [1.165, 1.54) is 0 Å². The van der Waals surface area contributed by atoms with Gasteiger partial charge in [0.1, 0.15) is 0 Å². The van der Waals surface area contributed by atoms with E-state index in [0.29, 0.717) is 12.5 Å². The molecule has 2 aromatic rings. The van der Waals surface area contributed by atoms with Crippen molar-refractivity contribution < 1.29 is 4.79 Å². The van der Waals surface area contributed by atoms with Crippen molar-refractivity contribution in [3.05, 3.63) is 48.3 Å². The molecule has 0 radical (unpaired) electrons. The van der Waals surface area contributed by atoms with E-state index < -0.39 is 0 Å². The van der Waals surface area contributed by atoms with E-state index in [1.807, 2.05) is 52.3 Å². The zero-order valence-electron chi connectivity index (χ0n) is 14.2. The first-order valence-electron chi connectivity index (χ1n) is 8.27. The summed E-state index contributed by atoms with van der Waals surface area (Å²) in [7, 11) is 0. The number of nitrogens with one attached hydrogen (secondary N) is 1. The normalized spacial score (nSPS) is 20.5. The summed E-state index contributed by atoms with van der Waals surface area (Å²) >= 11 is 0. The molecule has 1 saturated heterocycles. The number of hydrogen-bond acceptors (Lipinski definition) is 3. The summed E-state index contributed by atoms with van der Waals surface area (Å²) in [4.78, 5) is 14.5. The molecule has 6 heteroatoms. The van der Waals surface area contributed by atoms with Crippen molar-refractivity contribution >= 4 is 18.3 Å². The van der Waals surface area contributed by atoms with Crippen LogP contribution in [0.2, 0.25) is 0 Å². The minimum atomic E-state index is 0. The Balaban J connectivity index is 0.00000208. The summed E-state index contributed by atoms with van der Waals surface area (Å²) < 4.78 is 1.86. The molecule has 0 bridgehead atoms. The van der Waals surface area contributed by atoms with Crippen molar-refractivity contribution in [3.8, 4) is 5.69 Å². The first kappa shape index (κ1) is 18.5. The van der Waals surface area contributed by atoms with Crippen molar-refractivity contribution in [2.24, 2.45) is 0 Å². The van der Waals surface area contributed by atoms with Gasteiger partial charge in [0, 0.05) is 37.8 Å². The number of benzene rings is 1. The summed E-state index contributed by atoms with van der Waals surface area (Å²) in [6, 6.07) is 10.6. The van der Waals surface area contributed by atoms with Crippen LogP contribution in [0.1, 0.15) is 25.8 Å². The van der Waals surface area contributed by atoms with Crippen LogP contribution >= 0.6 is 12.4 Å². The van der Waals surface area contributed by atoms with E-state index in [-0.39, 0.29) is 24.4 Å². The van der Waals surface area contributed by atoms with Gasteiger partial charge in [-0.05, 0) is 38.0 Å². The molecule has 130 valence electrons. The van der Waals surface area contributed by atoms with Crippen molar-refractivity contribution in [1.29, 1.82) is 0 Å². The third kappa shape index (κ3) is 4.16. The Morgan fingerprint density at radius 2 is 2.04 bits per heavy atom. The standard InChI is InChI=1S/C18H24N4O.ClH/c1-14-15(2)21(11-10-19-14)18(23)9-8-16-12-20-22(13-16)17-6-4-3-5-7-17;/h3-7,12-15,19H,8-11H2,1-2H3;1H. The molecule has 0 spiro atoms. The molecular weight excluding hydrogens is 324 g/mol. The second-order valence-electron chi connectivity index (χ2n) is 6.20. The highest BCUT2D eigenvalue weighted by molar-refractivity contribution is 5.85. The Bertz CT molecular complexity index is 658. The number of halogens is 1. The minimum absolute atomic E-state index is 0. The molecule has 1 amide bonds. The molecule has 2 atom stereocenters. The van der Waals surface area contributed by atoms with Crippen LogP contribution in [0, 0.1) is 0 Å². The number of para-hydroxylation sites is 1. The number of nitrogens with zero attached hydrogens (tertiary/aromatic N) is 3. The van der Waals surface area contributed by atoms with Crippen LogP contribution in [0.4, 0.5) is 0 Å². The molecule has 0 aliphatic carbocycles. The Labute approximate surface area is 149 Å². The van der Waals surface area contributed by atoms with E-state index in [0.717, 1.165) is 30.8 Å². The second kappa shape index (κ2) is 8.31. The predicted octanol–water partition coefficient (Wildman–Crippen LogP) is 2.44. The van der Waals surface area contributed by atoms with Crippen molar-refractivity contribution in [2.45, 2.75) is 38.8 Å². The first-order valence-corrected chi connectivity index (χ1v) is 8.27. The number of carbonyl (C=O) groups is 1. The van der Waals surface area contributed by atoms with E-state index >= 15 is 0 Å². The number of aryl methyl sites for hydroxylation is 1. The summed E-state index contributed by atoms with van der Waals surface area (Å²) in [5.74, 6) is 0.235. The van der Waals surface area contributed by atoms with E-state index in [4.69, 9.17) is 0 Å². The van der Waals surface area contributed by atoms with Crippen LogP contribution in [-0.4, -0.2) is 45.8 Å². The fourth-order valence-electron chi connectivity index (χ4n) is 3.01. The molecular formula is C18H25ClN4O. The van der Waals surface area contributed by atoms with Crippen molar-refractivity contribution in [2.75, 3.05) is 13.1 Å². The average molecular weight is 349 g/mol. The molecule has 1 aromatic heterocycles. The molecule has 3 rings (SSSR count). The zero-order valence-corrected chi connectivity index (χ0v) is 15.0. The Morgan fingerprint density at radius 3 is 2.79 bits per heavy atom. The summed E-state index contributed by atoms with van der Waals surface area (Å²) in [6.07, 6.45) is 5.13. The zero-order chi connectivity index (χ0) is 16.2. The highest BCUT2D eigenvalue weighted by atomic mass is 35.5. The van der Waals surface area contributed by atoms with Gasteiger partial charge in [-0.2, -0.15) is 5.10 Å². The van der Waals surface area contributed by atoms with Crippen LogP contribution in [0.25, 0.3) is 5.69 Å². The molecule has 2 heterocycles. The smallest absolute Gasteiger partial charge is 0.223 e. The summed E-state index contributed by atoms with van der Waals surface area (Å²) in [5.41, 5.74) is 2.13. The fourth-order valence-corrected chi connectivity index (χ4v) is 3.01. The molecule has 0 saturated carbocycles. The van der Waals surface area contributed by atoms with Gasteiger partial charge in [0.25, 0.3) is 0 Å². The Hall–Kier alpha value is -1.85. The largest absolute Gasteiger partial charge is 0.337 e. The van der Waals surface area contributed by atoms with E-state index in [9.17, 15) is 4.79 Å². The second-order valence-corrected chi connectivity index (χ2v) is 6.20. The SMILES string of the molecule is CC1NCCN(C(=O)CCc2cnn(-c3ccccc3)c2)C1C.Cl. The molecule has 1 aliphatic heterocycles. The van der Waals surface area contributed by atoms with Crippen LogP contribution in [0.15, 0.2) is 42.7 Å². The molecule has 24 heavy (non-hydrogen) atoms. The molecule has 5 nitrogen and oxygen atoms in total. The molecule has 1 fully saturated rings. The molecule has 2 unspecified atom stereocenters. The summed E-state index contributed by atoms with van der Waals surface area (Å²) in [6.45, 7) is 5.92. The maximum absolute atomic E-state index is 12.5. The molecule has 1 aliphatic rings. The van der Waals surface area contributed by atoms with Gasteiger partial charge in [-0.1, -0.05) is 18.2 Å². The van der Waals surface area contributed by atoms with Crippen molar-refractivity contribution in [3.63, 3.8) is 0 Å². The molecule has 1 N–H and O–H groups in total. The third-order valence-electron chi connectivity index (χ3n) is 4.64. The van der Waals surface area contributed by atoms with Crippen LogP contribution < -0.4 is 5.32 Å². The fraction of sp³-hybridized carbons (Fsp3) is 0.444. The van der Waals surface area contributed by atoms with E-state index in [1.54, 1.807) is 0 Å². The number of hydrogen-bond donors (Lipinski definition) is 1. The first-order chi connectivity index (χ1) is 11.1. The minimum Gasteiger partial charge on any atom is -0.337 e. The Kier molecular flexibility index (Phi) is 6.40. The van der Waals surface area contributed by atoms with Crippen LogP contribution in [0.5, 0.6) is 0 Å². The average Bonchev–Trinajstić information content (AvgIpc) is 3.05. The van der Waals surface area contributed by atoms with E-state index in [2.05, 4.69) is 24.3 Å². The third-order valence-corrected chi connectivity index (χ3v) is 4.64.